The predicted octanol–water partition coefficient (Wildman–Crippen LogP) is 6.77. The van der Waals surface area contributed by atoms with E-state index in [1.54, 1.807) is 25.3 Å². The lowest BCUT2D eigenvalue weighted by atomic mass is 10.1. The van der Waals surface area contributed by atoms with Crippen LogP contribution in [0.1, 0.15) is 25.0 Å². The molecule has 33 heavy (non-hydrogen) atoms. The van der Waals surface area contributed by atoms with Crippen molar-refractivity contribution >= 4 is 39.2 Å². The highest BCUT2D eigenvalue weighted by molar-refractivity contribution is 9.10. The minimum atomic E-state index is -0.735. The van der Waals surface area contributed by atoms with E-state index in [1.165, 1.54) is 11.6 Å². The molecule has 0 aliphatic heterocycles. The van der Waals surface area contributed by atoms with Crippen LogP contribution in [-0.2, 0) is 6.42 Å². The highest BCUT2D eigenvalue weighted by Gasteiger charge is 2.23. The smallest absolute Gasteiger partial charge is 0.318 e. The van der Waals surface area contributed by atoms with Crippen molar-refractivity contribution in [2.75, 3.05) is 6.61 Å². The average Bonchev–Trinajstić information content (AvgIpc) is 2.80. The molecule has 0 fully saturated rings. The molecule has 0 N–H and O–H groups in total. The number of halogens is 1. The third-order valence-electron chi connectivity index (χ3n) is 4.60. The van der Waals surface area contributed by atoms with E-state index in [9.17, 15) is 20.2 Å². The zero-order valence-electron chi connectivity index (χ0n) is 17.9. The summed E-state index contributed by atoms with van der Waals surface area (Å²) in [4.78, 5) is 25.4. The summed E-state index contributed by atoms with van der Waals surface area (Å²) in [6, 6.07) is 14.5. The molecule has 0 unspecified atom stereocenters. The van der Waals surface area contributed by atoms with Crippen molar-refractivity contribution in [1.29, 1.82) is 0 Å². The molecule has 0 radical (unpaired) electrons. The lowest BCUT2D eigenvalue weighted by molar-refractivity contribution is -0.394. The summed E-state index contributed by atoms with van der Waals surface area (Å²) in [5.74, 6) is 0.394. The van der Waals surface area contributed by atoms with Crippen molar-refractivity contribution in [2.24, 2.45) is 4.99 Å². The van der Waals surface area contributed by atoms with Gasteiger partial charge in [-0.1, -0.05) is 19.1 Å². The molecular formula is C23H20BrN3O6. The fourth-order valence-electron chi connectivity index (χ4n) is 2.95. The summed E-state index contributed by atoms with van der Waals surface area (Å²) in [6.07, 6.45) is 2.62. The molecule has 0 bridgehead atoms. The van der Waals surface area contributed by atoms with Crippen LogP contribution in [0.25, 0.3) is 0 Å². The average molecular weight is 514 g/mol. The number of hydrogen-bond donors (Lipinski definition) is 0. The van der Waals surface area contributed by atoms with Crippen molar-refractivity contribution in [3.8, 4) is 17.2 Å². The number of ether oxygens (including phenoxy) is 2. The number of benzene rings is 3. The minimum Gasteiger partial charge on any atom is -0.490 e. The fourth-order valence-corrected chi connectivity index (χ4v) is 3.49. The second kappa shape index (κ2) is 10.7. The first-order valence-electron chi connectivity index (χ1n) is 10.0. The number of hydrogen-bond acceptors (Lipinski definition) is 7. The van der Waals surface area contributed by atoms with Gasteiger partial charge in [0.25, 0.3) is 5.69 Å². The van der Waals surface area contributed by atoms with Gasteiger partial charge in [0.05, 0.1) is 32.7 Å². The molecule has 0 aliphatic rings. The van der Waals surface area contributed by atoms with E-state index in [0.717, 1.165) is 29.8 Å². The van der Waals surface area contributed by atoms with Gasteiger partial charge in [-0.05, 0) is 70.7 Å². The molecule has 0 saturated heterocycles. The summed E-state index contributed by atoms with van der Waals surface area (Å²) in [6.45, 7) is 4.20. The first-order valence-corrected chi connectivity index (χ1v) is 10.8. The van der Waals surface area contributed by atoms with E-state index >= 15 is 0 Å². The highest BCUT2D eigenvalue weighted by atomic mass is 79.9. The van der Waals surface area contributed by atoms with Crippen molar-refractivity contribution in [1.82, 2.24) is 0 Å². The van der Waals surface area contributed by atoms with E-state index in [-0.39, 0.29) is 11.5 Å². The third-order valence-corrected chi connectivity index (χ3v) is 5.19. The first-order chi connectivity index (χ1) is 15.8. The van der Waals surface area contributed by atoms with Crippen LogP contribution in [0.2, 0.25) is 0 Å². The van der Waals surface area contributed by atoms with Crippen LogP contribution in [0, 0.1) is 20.2 Å². The molecule has 0 spiro atoms. The molecule has 10 heteroatoms. The Morgan fingerprint density at radius 3 is 2.30 bits per heavy atom. The first kappa shape index (κ1) is 23.9. The van der Waals surface area contributed by atoms with Gasteiger partial charge >= 0.3 is 5.69 Å². The van der Waals surface area contributed by atoms with Crippen LogP contribution in [0.15, 0.2) is 64.1 Å². The van der Waals surface area contributed by atoms with Gasteiger partial charge in [-0.2, -0.15) is 0 Å². The van der Waals surface area contributed by atoms with E-state index in [2.05, 4.69) is 27.8 Å². The summed E-state index contributed by atoms with van der Waals surface area (Å²) in [5.41, 5.74) is 1.80. The number of aliphatic imine (C=N–C) groups is 1. The zero-order chi connectivity index (χ0) is 24.0. The highest BCUT2D eigenvalue weighted by Crippen LogP contribution is 2.42. The Kier molecular flexibility index (Phi) is 7.73. The number of nitrogens with zero attached hydrogens (tertiary/aromatic N) is 3. The minimum absolute atomic E-state index is 0.148. The van der Waals surface area contributed by atoms with E-state index in [1.807, 2.05) is 24.3 Å². The Morgan fingerprint density at radius 2 is 1.70 bits per heavy atom. The van der Waals surface area contributed by atoms with Gasteiger partial charge in [-0.25, -0.2) is 0 Å². The standard InChI is InChI=1S/C23H20BrN3O6/c1-3-15-5-7-17(8-6-15)25-14-16-11-19(24)23(22(12-16)32-4-2)33-21-10-9-18(26(28)29)13-20(21)27(30)31/h5-14H,3-4H2,1-2H3. The molecule has 170 valence electrons. The summed E-state index contributed by atoms with van der Waals surface area (Å²) in [7, 11) is 0. The Balaban J connectivity index is 1.95. The fraction of sp³-hybridized carbons (Fsp3) is 0.174. The van der Waals surface area contributed by atoms with E-state index in [0.29, 0.717) is 16.8 Å². The maximum absolute atomic E-state index is 11.4. The summed E-state index contributed by atoms with van der Waals surface area (Å²) < 4.78 is 11.9. The maximum Gasteiger partial charge on any atom is 0.318 e. The second-order valence-corrected chi connectivity index (χ2v) is 7.66. The van der Waals surface area contributed by atoms with Gasteiger partial charge in [0.2, 0.25) is 5.75 Å². The molecule has 0 atom stereocenters. The molecular weight excluding hydrogens is 494 g/mol. The molecule has 3 rings (SSSR count). The van der Waals surface area contributed by atoms with E-state index < -0.39 is 21.2 Å². The number of nitro groups is 2. The van der Waals surface area contributed by atoms with Gasteiger partial charge < -0.3 is 9.47 Å². The number of rotatable bonds is 9. The Labute approximate surface area is 198 Å². The second-order valence-electron chi connectivity index (χ2n) is 6.81. The molecule has 3 aromatic carbocycles. The monoisotopic (exact) mass is 513 g/mol. The van der Waals surface area contributed by atoms with Crippen molar-refractivity contribution < 1.29 is 19.3 Å². The maximum atomic E-state index is 11.4. The Bertz CT molecular complexity index is 1210. The van der Waals surface area contributed by atoms with Crippen molar-refractivity contribution in [3.63, 3.8) is 0 Å². The van der Waals surface area contributed by atoms with Gasteiger partial charge in [0, 0.05) is 12.3 Å². The molecule has 0 aliphatic carbocycles. The molecule has 0 saturated carbocycles. The van der Waals surface area contributed by atoms with Crippen LogP contribution in [0.3, 0.4) is 0 Å². The van der Waals surface area contributed by atoms with Crippen molar-refractivity contribution in [3.05, 3.63) is 90.4 Å². The van der Waals surface area contributed by atoms with Gasteiger partial charge in [-0.15, -0.1) is 0 Å². The van der Waals surface area contributed by atoms with Crippen LogP contribution in [0.4, 0.5) is 17.1 Å². The van der Waals surface area contributed by atoms with Crippen molar-refractivity contribution in [2.45, 2.75) is 20.3 Å². The van der Waals surface area contributed by atoms with Crippen LogP contribution in [0.5, 0.6) is 17.2 Å². The van der Waals surface area contributed by atoms with Gasteiger partial charge in [0.1, 0.15) is 0 Å². The molecule has 9 nitrogen and oxygen atoms in total. The summed E-state index contributed by atoms with van der Waals surface area (Å²) >= 11 is 3.43. The Morgan fingerprint density at radius 1 is 0.970 bits per heavy atom. The molecule has 3 aromatic rings. The zero-order valence-corrected chi connectivity index (χ0v) is 19.4. The molecule has 0 aromatic heterocycles. The van der Waals surface area contributed by atoms with Gasteiger partial charge in [-0.3, -0.25) is 25.2 Å². The number of nitro benzene ring substituents is 2. The van der Waals surface area contributed by atoms with E-state index in [4.69, 9.17) is 9.47 Å². The van der Waals surface area contributed by atoms with Gasteiger partial charge in [0.15, 0.2) is 11.5 Å². The lowest BCUT2D eigenvalue weighted by Crippen LogP contribution is -2.00. The van der Waals surface area contributed by atoms with Crippen LogP contribution >= 0.6 is 15.9 Å². The largest absolute Gasteiger partial charge is 0.490 e. The number of non-ortho nitro benzene ring substituents is 1. The SMILES string of the molecule is CCOc1cc(C=Nc2ccc(CC)cc2)cc(Br)c1Oc1ccc([N+](=O)[O-])cc1[N+](=O)[O-]. The normalized spacial score (nSPS) is 10.9. The molecule has 0 amide bonds. The lowest BCUT2D eigenvalue weighted by Gasteiger charge is -2.14. The topological polar surface area (TPSA) is 117 Å². The number of aryl methyl sites for hydroxylation is 1. The van der Waals surface area contributed by atoms with Crippen LogP contribution in [-0.4, -0.2) is 22.7 Å². The molecule has 0 heterocycles. The predicted molar refractivity (Wildman–Crippen MR) is 128 cm³/mol. The van der Waals surface area contributed by atoms with Crippen LogP contribution < -0.4 is 9.47 Å². The quantitative estimate of drug-likeness (QED) is 0.177. The summed E-state index contributed by atoms with van der Waals surface area (Å²) in [5, 5.41) is 22.4. The Hall–Kier alpha value is -3.79. The third kappa shape index (κ3) is 5.92.